The summed E-state index contributed by atoms with van der Waals surface area (Å²) in [7, 11) is 1.89. The van der Waals surface area contributed by atoms with Crippen molar-refractivity contribution in [3.05, 3.63) is 18.0 Å². The Bertz CT molecular complexity index is 393. The lowest BCUT2D eigenvalue weighted by Crippen LogP contribution is -2.40. The van der Waals surface area contributed by atoms with Crippen LogP contribution < -0.4 is 5.32 Å². The van der Waals surface area contributed by atoms with Gasteiger partial charge in [-0.05, 0) is 33.8 Å². The van der Waals surface area contributed by atoms with E-state index in [4.69, 9.17) is 4.74 Å². The molecule has 0 aromatic carbocycles. The zero-order chi connectivity index (χ0) is 13.8. The second kappa shape index (κ2) is 6.00. The van der Waals surface area contributed by atoms with Gasteiger partial charge in [0.2, 0.25) is 0 Å². The highest BCUT2D eigenvalue weighted by molar-refractivity contribution is 5.75. The van der Waals surface area contributed by atoms with Gasteiger partial charge in [-0.3, -0.25) is 9.48 Å². The van der Waals surface area contributed by atoms with Gasteiger partial charge >= 0.3 is 5.97 Å². The molecule has 0 saturated heterocycles. The Morgan fingerprint density at radius 3 is 2.72 bits per heavy atom. The summed E-state index contributed by atoms with van der Waals surface area (Å²) >= 11 is 0. The molecule has 1 unspecified atom stereocenters. The quantitative estimate of drug-likeness (QED) is 0.803. The van der Waals surface area contributed by atoms with E-state index in [1.165, 1.54) is 0 Å². The van der Waals surface area contributed by atoms with Crippen LogP contribution in [0.5, 0.6) is 0 Å². The zero-order valence-electron chi connectivity index (χ0n) is 11.9. The molecule has 5 nitrogen and oxygen atoms in total. The van der Waals surface area contributed by atoms with Crippen LogP contribution in [-0.2, 0) is 23.0 Å². The van der Waals surface area contributed by atoms with E-state index in [-0.39, 0.29) is 12.0 Å². The van der Waals surface area contributed by atoms with Crippen LogP contribution in [-0.4, -0.2) is 33.9 Å². The van der Waals surface area contributed by atoms with Crippen molar-refractivity contribution in [3.8, 4) is 0 Å². The number of aromatic nitrogens is 2. The number of aryl methyl sites for hydroxylation is 1. The second-order valence-corrected chi connectivity index (χ2v) is 5.44. The molecular formula is C13H23N3O2. The molecule has 1 N–H and O–H groups in total. The standard InChI is InChI=1S/C13H23N3O2/c1-10(12(17)18-13(2,3)4)14-8-6-11-7-9-16(5)15-11/h7,9-10,14H,6,8H2,1-5H3. The lowest BCUT2D eigenvalue weighted by Gasteiger charge is -2.22. The van der Waals surface area contributed by atoms with E-state index in [1.54, 1.807) is 4.68 Å². The molecule has 0 radical (unpaired) electrons. The molecule has 1 aromatic heterocycles. The fourth-order valence-corrected chi connectivity index (χ4v) is 1.49. The first-order chi connectivity index (χ1) is 8.28. The number of carbonyl (C=O) groups is 1. The lowest BCUT2D eigenvalue weighted by molar-refractivity contribution is -0.156. The van der Waals surface area contributed by atoms with Gasteiger partial charge in [-0.1, -0.05) is 0 Å². The van der Waals surface area contributed by atoms with Crippen molar-refractivity contribution in [3.63, 3.8) is 0 Å². The molecule has 1 aromatic rings. The summed E-state index contributed by atoms with van der Waals surface area (Å²) in [6.07, 6.45) is 2.71. The number of carbonyl (C=O) groups excluding carboxylic acids is 1. The minimum atomic E-state index is -0.436. The number of hydrogen-bond donors (Lipinski definition) is 1. The molecule has 0 aliphatic heterocycles. The molecule has 0 spiro atoms. The Morgan fingerprint density at radius 2 is 2.22 bits per heavy atom. The van der Waals surface area contributed by atoms with Crippen LogP contribution in [0.25, 0.3) is 0 Å². The maximum absolute atomic E-state index is 11.7. The number of esters is 1. The third kappa shape index (κ3) is 5.31. The largest absolute Gasteiger partial charge is 0.459 e. The fraction of sp³-hybridized carbons (Fsp3) is 0.692. The summed E-state index contributed by atoms with van der Waals surface area (Å²) in [6.45, 7) is 8.12. The molecule has 0 aliphatic rings. The summed E-state index contributed by atoms with van der Waals surface area (Å²) < 4.78 is 7.06. The Kier molecular flexibility index (Phi) is 4.90. The highest BCUT2D eigenvalue weighted by atomic mass is 16.6. The van der Waals surface area contributed by atoms with Crippen LogP contribution in [0, 0.1) is 0 Å². The average Bonchev–Trinajstić information content (AvgIpc) is 2.61. The fourth-order valence-electron chi connectivity index (χ4n) is 1.49. The first kappa shape index (κ1) is 14.7. The number of nitrogens with zero attached hydrogens (tertiary/aromatic N) is 2. The Morgan fingerprint density at radius 1 is 1.56 bits per heavy atom. The highest BCUT2D eigenvalue weighted by Crippen LogP contribution is 2.08. The molecule has 5 heteroatoms. The van der Waals surface area contributed by atoms with Crippen LogP contribution in [0.4, 0.5) is 0 Å². The Balaban J connectivity index is 2.28. The SMILES string of the molecule is CC(NCCc1ccn(C)n1)C(=O)OC(C)(C)C. The van der Waals surface area contributed by atoms with E-state index in [9.17, 15) is 4.79 Å². The summed E-state index contributed by atoms with van der Waals surface area (Å²) in [5, 5.41) is 7.41. The molecule has 102 valence electrons. The van der Waals surface area contributed by atoms with Gasteiger partial charge in [0, 0.05) is 26.2 Å². The van der Waals surface area contributed by atoms with Gasteiger partial charge in [-0.25, -0.2) is 0 Å². The number of nitrogens with one attached hydrogen (secondary N) is 1. The molecule has 1 heterocycles. The van der Waals surface area contributed by atoms with Crippen LogP contribution in [0.3, 0.4) is 0 Å². The summed E-state index contributed by atoms with van der Waals surface area (Å²) in [5.74, 6) is -0.219. The van der Waals surface area contributed by atoms with Gasteiger partial charge in [0.05, 0.1) is 5.69 Å². The highest BCUT2D eigenvalue weighted by Gasteiger charge is 2.20. The van der Waals surface area contributed by atoms with Gasteiger partial charge in [-0.15, -0.1) is 0 Å². The Labute approximate surface area is 109 Å². The molecule has 0 aliphatic carbocycles. The van der Waals surface area contributed by atoms with E-state index in [0.717, 1.165) is 12.1 Å². The van der Waals surface area contributed by atoms with Crippen molar-refractivity contribution >= 4 is 5.97 Å². The predicted octanol–water partition coefficient (Wildman–Crippen LogP) is 1.28. The third-order valence-corrected chi connectivity index (χ3v) is 2.36. The van der Waals surface area contributed by atoms with E-state index in [1.807, 2.05) is 47.0 Å². The summed E-state index contributed by atoms with van der Waals surface area (Å²) in [4.78, 5) is 11.7. The van der Waals surface area contributed by atoms with E-state index < -0.39 is 5.60 Å². The topological polar surface area (TPSA) is 56.2 Å². The molecular weight excluding hydrogens is 230 g/mol. The van der Waals surface area contributed by atoms with Gasteiger partial charge in [0.15, 0.2) is 0 Å². The minimum Gasteiger partial charge on any atom is -0.459 e. The van der Waals surface area contributed by atoms with Crippen molar-refractivity contribution in [2.24, 2.45) is 7.05 Å². The molecule has 0 saturated carbocycles. The first-order valence-electron chi connectivity index (χ1n) is 6.23. The van der Waals surface area contributed by atoms with Gasteiger partial charge < -0.3 is 10.1 Å². The van der Waals surface area contributed by atoms with Crippen LogP contribution in [0.1, 0.15) is 33.4 Å². The molecule has 1 atom stereocenters. The average molecular weight is 253 g/mol. The maximum Gasteiger partial charge on any atom is 0.323 e. The van der Waals surface area contributed by atoms with Crippen LogP contribution in [0.2, 0.25) is 0 Å². The van der Waals surface area contributed by atoms with Crippen molar-refractivity contribution in [2.75, 3.05) is 6.54 Å². The predicted molar refractivity (Wildman–Crippen MR) is 70.2 cm³/mol. The number of ether oxygens (including phenoxy) is 1. The Hall–Kier alpha value is -1.36. The van der Waals surface area contributed by atoms with Gasteiger partial charge in [0.1, 0.15) is 11.6 Å². The van der Waals surface area contributed by atoms with E-state index in [0.29, 0.717) is 6.54 Å². The summed E-state index contributed by atoms with van der Waals surface area (Å²) in [6, 6.07) is 1.67. The smallest absolute Gasteiger partial charge is 0.323 e. The minimum absolute atomic E-state index is 0.219. The number of rotatable bonds is 5. The lowest BCUT2D eigenvalue weighted by atomic mass is 10.2. The number of hydrogen-bond acceptors (Lipinski definition) is 4. The van der Waals surface area contributed by atoms with Crippen molar-refractivity contribution in [1.29, 1.82) is 0 Å². The maximum atomic E-state index is 11.7. The zero-order valence-corrected chi connectivity index (χ0v) is 11.9. The second-order valence-electron chi connectivity index (χ2n) is 5.44. The first-order valence-corrected chi connectivity index (χ1v) is 6.23. The molecule has 0 fully saturated rings. The van der Waals surface area contributed by atoms with Gasteiger partial charge in [-0.2, -0.15) is 5.10 Å². The molecule has 0 bridgehead atoms. The molecule has 0 amide bonds. The van der Waals surface area contributed by atoms with Crippen molar-refractivity contribution < 1.29 is 9.53 Å². The normalized spacial score (nSPS) is 13.4. The monoisotopic (exact) mass is 253 g/mol. The van der Waals surface area contributed by atoms with E-state index in [2.05, 4.69) is 10.4 Å². The van der Waals surface area contributed by atoms with E-state index >= 15 is 0 Å². The molecule has 18 heavy (non-hydrogen) atoms. The summed E-state index contributed by atoms with van der Waals surface area (Å²) in [5.41, 5.74) is 0.579. The molecule has 1 rings (SSSR count). The van der Waals surface area contributed by atoms with Crippen LogP contribution in [0.15, 0.2) is 12.3 Å². The van der Waals surface area contributed by atoms with Gasteiger partial charge in [0.25, 0.3) is 0 Å². The third-order valence-electron chi connectivity index (χ3n) is 2.36. The van der Waals surface area contributed by atoms with Crippen LogP contribution >= 0.6 is 0 Å². The van der Waals surface area contributed by atoms with Crippen molar-refractivity contribution in [1.82, 2.24) is 15.1 Å². The van der Waals surface area contributed by atoms with Crippen molar-refractivity contribution in [2.45, 2.75) is 45.8 Å².